The third-order valence-electron chi connectivity index (χ3n) is 6.36. The van der Waals surface area contributed by atoms with E-state index in [0.29, 0.717) is 30.2 Å². The molecule has 3 aromatic carbocycles. The number of nitrogens with zero attached hydrogens (tertiary/aromatic N) is 3. The summed E-state index contributed by atoms with van der Waals surface area (Å²) in [5.41, 5.74) is 3.40. The van der Waals surface area contributed by atoms with E-state index in [4.69, 9.17) is 14.5 Å². The van der Waals surface area contributed by atoms with Crippen molar-refractivity contribution in [1.82, 2.24) is 14.5 Å². The Morgan fingerprint density at radius 3 is 2.58 bits per heavy atom. The fourth-order valence-electron chi connectivity index (χ4n) is 4.53. The van der Waals surface area contributed by atoms with E-state index >= 15 is 0 Å². The van der Waals surface area contributed by atoms with Crippen LogP contribution in [0, 0.1) is 11.6 Å². The second kappa shape index (κ2) is 10.9. The van der Waals surface area contributed by atoms with E-state index in [-0.39, 0.29) is 13.3 Å². The molecule has 5 nitrogen and oxygen atoms in total. The Morgan fingerprint density at radius 2 is 1.75 bits per heavy atom. The van der Waals surface area contributed by atoms with Gasteiger partial charge in [0.05, 0.1) is 11.9 Å². The molecule has 5 rings (SSSR count). The molecular weight excluding hydrogens is 460 g/mol. The molecule has 36 heavy (non-hydrogen) atoms. The molecule has 4 aromatic rings. The van der Waals surface area contributed by atoms with Crippen LogP contribution >= 0.6 is 0 Å². The van der Waals surface area contributed by atoms with Gasteiger partial charge in [0.25, 0.3) is 0 Å². The summed E-state index contributed by atoms with van der Waals surface area (Å²) in [5, 5.41) is 0. The van der Waals surface area contributed by atoms with Gasteiger partial charge in [0, 0.05) is 37.3 Å². The maximum atomic E-state index is 14.6. The summed E-state index contributed by atoms with van der Waals surface area (Å²) in [4.78, 5) is 6.85. The van der Waals surface area contributed by atoms with Crippen LogP contribution in [0.15, 0.2) is 72.9 Å². The number of rotatable bonds is 10. The van der Waals surface area contributed by atoms with Crippen molar-refractivity contribution < 1.29 is 18.3 Å². The maximum absolute atomic E-state index is 14.6. The number of hydrogen-bond acceptors (Lipinski definition) is 4. The number of unbranched alkanes of at least 4 members (excludes halogenated alkanes) is 1. The summed E-state index contributed by atoms with van der Waals surface area (Å²) in [5.74, 6) is 0.682. The van der Waals surface area contributed by atoms with Crippen LogP contribution in [-0.4, -0.2) is 21.2 Å². The second-order valence-electron chi connectivity index (χ2n) is 8.99. The molecular formula is C29H29F2N3O2. The van der Waals surface area contributed by atoms with E-state index in [1.54, 1.807) is 12.1 Å². The van der Waals surface area contributed by atoms with E-state index in [1.165, 1.54) is 0 Å². The zero-order chi connectivity index (χ0) is 24.9. The number of imidazole rings is 1. The fraction of sp³-hybridized carbons (Fsp3) is 0.276. The van der Waals surface area contributed by atoms with Crippen LogP contribution in [0.1, 0.15) is 36.6 Å². The van der Waals surface area contributed by atoms with Crippen LogP contribution in [0.25, 0.3) is 11.4 Å². The summed E-state index contributed by atoms with van der Waals surface area (Å²) in [6.45, 7) is 4.49. The Hall–Kier alpha value is -3.71. The average molecular weight is 490 g/mol. The summed E-state index contributed by atoms with van der Waals surface area (Å²) in [6.07, 6.45) is 3.97. The van der Waals surface area contributed by atoms with E-state index in [1.807, 2.05) is 42.6 Å². The highest BCUT2D eigenvalue weighted by molar-refractivity contribution is 5.56. The van der Waals surface area contributed by atoms with Crippen LogP contribution in [0.3, 0.4) is 0 Å². The first-order chi connectivity index (χ1) is 17.6. The quantitative estimate of drug-likeness (QED) is 0.253. The van der Waals surface area contributed by atoms with Crippen molar-refractivity contribution in [2.24, 2.45) is 0 Å². The van der Waals surface area contributed by atoms with Gasteiger partial charge in [-0.25, -0.2) is 13.8 Å². The van der Waals surface area contributed by atoms with Crippen molar-refractivity contribution in [3.63, 3.8) is 0 Å². The van der Waals surface area contributed by atoms with Crippen molar-refractivity contribution in [3.05, 3.63) is 101 Å². The molecule has 2 heterocycles. The van der Waals surface area contributed by atoms with Gasteiger partial charge in [-0.15, -0.1) is 0 Å². The first-order valence-electron chi connectivity index (χ1n) is 12.3. The number of ether oxygens (including phenoxy) is 2. The minimum Gasteiger partial charge on any atom is -0.454 e. The van der Waals surface area contributed by atoms with Gasteiger partial charge < -0.3 is 14.0 Å². The Morgan fingerprint density at radius 1 is 0.917 bits per heavy atom. The highest BCUT2D eigenvalue weighted by Crippen LogP contribution is 2.33. The van der Waals surface area contributed by atoms with Crippen molar-refractivity contribution in [2.45, 2.75) is 45.9 Å². The number of halogens is 2. The maximum Gasteiger partial charge on any atom is 0.231 e. The molecule has 0 aliphatic carbocycles. The van der Waals surface area contributed by atoms with E-state index in [2.05, 4.69) is 28.5 Å². The molecule has 0 radical (unpaired) electrons. The molecule has 0 fully saturated rings. The topological polar surface area (TPSA) is 39.5 Å². The fourth-order valence-corrected chi connectivity index (χ4v) is 4.53. The SMILES string of the molecule is CCCCn1c(CN(Cc2ccc3c(c2)OCO3)Cc2cccc(F)c2F)cnc1-c1ccccc1. The van der Waals surface area contributed by atoms with Crippen molar-refractivity contribution in [2.75, 3.05) is 6.79 Å². The summed E-state index contributed by atoms with van der Waals surface area (Å²) in [6, 6.07) is 20.3. The number of aromatic nitrogens is 2. The van der Waals surface area contributed by atoms with Crippen LogP contribution < -0.4 is 9.47 Å². The lowest BCUT2D eigenvalue weighted by Crippen LogP contribution is -2.25. The van der Waals surface area contributed by atoms with Gasteiger partial charge in [-0.2, -0.15) is 0 Å². The molecule has 0 saturated carbocycles. The number of fused-ring (bicyclic) bond motifs is 1. The molecule has 0 bridgehead atoms. The average Bonchev–Trinajstić information content (AvgIpc) is 3.52. The molecule has 1 aliphatic rings. The van der Waals surface area contributed by atoms with Crippen LogP contribution in [-0.2, 0) is 26.2 Å². The normalized spacial score (nSPS) is 12.4. The first kappa shape index (κ1) is 24.0. The Labute approximate surface area is 209 Å². The molecule has 186 valence electrons. The predicted octanol–water partition coefficient (Wildman–Crippen LogP) is 6.56. The standard InChI is InChI=1S/C29H29F2N3O2/c1-2-3-14-34-24(16-32-29(34)22-8-5-4-6-9-22)19-33(18-23-10-7-11-25(30)28(23)31)17-21-12-13-26-27(15-21)36-20-35-26/h4-13,15-16H,2-3,14,17-20H2,1H3. The molecule has 0 N–H and O–H groups in total. The van der Waals surface area contributed by atoms with Crippen LogP contribution in [0.5, 0.6) is 11.5 Å². The van der Waals surface area contributed by atoms with Gasteiger partial charge in [0.15, 0.2) is 23.1 Å². The summed E-state index contributed by atoms with van der Waals surface area (Å²) >= 11 is 0. The Balaban J connectivity index is 1.47. The van der Waals surface area contributed by atoms with Gasteiger partial charge in [-0.05, 0) is 30.2 Å². The zero-order valence-electron chi connectivity index (χ0n) is 20.3. The Kier molecular flexibility index (Phi) is 7.28. The lowest BCUT2D eigenvalue weighted by molar-refractivity contribution is 0.174. The predicted molar refractivity (Wildman–Crippen MR) is 134 cm³/mol. The smallest absolute Gasteiger partial charge is 0.231 e. The van der Waals surface area contributed by atoms with E-state index in [9.17, 15) is 8.78 Å². The van der Waals surface area contributed by atoms with Gasteiger partial charge in [0.2, 0.25) is 6.79 Å². The van der Waals surface area contributed by atoms with Gasteiger partial charge in [-0.3, -0.25) is 4.90 Å². The number of hydrogen-bond donors (Lipinski definition) is 0. The molecule has 0 saturated heterocycles. The van der Waals surface area contributed by atoms with E-state index in [0.717, 1.165) is 48.1 Å². The largest absolute Gasteiger partial charge is 0.454 e. The molecule has 0 amide bonds. The molecule has 1 aliphatic heterocycles. The summed E-state index contributed by atoms with van der Waals surface area (Å²) < 4.78 is 41.8. The molecule has 0 atom stereocenters. The molecule has 1 aromatic heterocycles. The Bertz CT molecular complexity index is 1320. The van der Waals surface area contributed by atoms with Gasteiger partial charge in [0.1, 0.15) is 5.82 Å². The lowest BCUT2D eigenvalue weighted by Gasteiger charge is -2.24. The highest BCUT2D eigenvalue weighted by atomic mass is 19.2. The minimum atomic E-state index is -0.838. The van der Waals surface area contributed by atoms with Crippen LogP contribution in [0.2, 0.25) is 0 Å². The molecule has 0 spiro atoms. The third kappa shape index (κ3) is 5.26. The van der Waals surface area contributed by atoms with E-state index < -0.39 is 11.6 Å². The molecule has 7 heteroatoms. The van der Waals surface area contributed by atoms with Crippen molar-refractivity contribution in [1.29, 1.82) is 0 Å². The third-order valence-corrected chi connectivity index (χ3v) is 6.36. The van der Waals surface area contributed by atoms with Crippen molar-refractivity contribution >= 4 is 0 Å². The monoisotopic (exact) mass is 489 g/mol. The van der Waals surface area contributed by atoms with Crippen molar-refractivity contribution in [3.8, 4) is 22.9 Å². The lowest BCUT2D eigenvalue weighted by atomic mass is 10.1. The van der Waals surface area contributed by atoms with Gasteiger partial charge in [-0.1, -0.05) is 61.9 Å². The number of benzene rings is 3. The minimum absolute atomic E-state index is 0.204. The summed E-state index contributed by atoms with van der Waals surface area (Å²) in [7, 11) is 0. The van der Waals surface area contributed by atoms with Crippen LogP contribution in [0.4, 0.5) is 8.78 Å². The van der Waals surface area contributed by atoms with Gasteiger partial charge >= 0.3 is 0 Å². The second-order valence-corrected chi connectivity index (χ2v) is 8.99. The zero-order valence-corrected chi connectivity index (χ0v) is 20.3. The first-order valence-corrected chi connectivity index (χ1v) is 12.3. The molecule has 0 unspecified atom stereocenters. The highest BCUT2D eigenvalue weighted by Gasteiger charge is 2.19.